The highest BCUT2D eigenvalue weighted by Gasteiger charge is 2.30. The lowest BCUT2D eigenvalue weighted by Gasteiger charge is -2.09. The van der Waals surface area contributed by atoms with E-state index in [0.717, 1.165) is 9.75 Å². The van der Waals surface area contributed by atoms with Gasteiger partial charge in [0.05, 0.1) is 0 Å². The van der Waals surface area contributed by atoms with Crippen LogP contribution in [0.2, 0.25) is 0 Å². The molecule has 0 aliphatic heterocycles. The summed E-state index contributed by atoms with van der Waals surface area (Å²) < 4.78 is 45.2. The third-order valence-electron chi connectivity index (χ3n) is 2.36. The van der Waals surface area contributed by atoms with Crippen molar-refractivity contribution in [1.29, 1.82) is 0 Å². The van der Waals surface area contributed by atoms with Crippen molar-refractivity contribution in [2.45, 2.75) is 19.5 Å². The quantitative estimate of drug-likeness (QED) is 0.916. The van der Waals surface area contributed by atoms with Crippen LogP contribution in [0.25, 0.3) is 0 Å². The molecule has 1 aromatic heterocycles. The molecule has 0 amide bonds. The van der Waals surface area contributed by atoms with Crippen molar-refractivity contribution < 1.29 is 22.6 Å². The van der Waals surface area contributed by atoms with Crippen LogP contribution in [0, 0.1) is 0 Å². The summed E-state index contributed by atoms with van der Waals surface area (Å²) in [7, 11) is 0. The van der Waals surface area contributed by atoms with E-state index in [2.05, 4.69) is 4.74 Å². The van der Waals surface area contributed by atoms with E-state index in [9.17, 15) is 13.2 Å². The van der Waals surface area contributed by atoms with Gasteiger partial charge in [0.1, 0.15) is 18.1 Å². The summed E-state index contributed by atoms with van der Waals surface area (Å²) >= 11 is 1.54. The van der Waals surface area contributed by atoms with E-state index in [4.69, 9.17) is 10.5 Å². The topological polar surface area (TPSA) is 44.5 Å². The van der Waals surface area contributed by atoms with Crippen molar-refractivity contribution in [3.63, 3.8) is 0 Å². The van der Waals surface area contributed by atoms with Gasteiger partial charge in [0.15, 0.2) is 0 Å². The zero-order valence-corrected chi connectivity index (χ0v) is 11.1. The third-order valence-corrected chi connectivity index (χ3v) is 3.44. The number of ether oxygens (including phenoxy) is 2. The highest BCUT2D eigenvalue weighted by atomic mass is 32.1. The molecule has 0 fully saturated rings. The van der Waals surface area contributed by atoms with Gasteiger partial charge in [-0.05, 0) is 36.4 Å². The Hall–Kier alpha value is -1.73. The Bertz CT molecular complexity index is 551. The molecule has 0 atom stereocenters. The van der Waals surface area contributed by atoms with Crippen molar-refractivity contribution in [3.8, 4) is 11.5 Å². The Morgan fingerprint density at radius 2 is 1.55 bits per heavy atom. The highest BCUT2D eigenvalue weighted by Crippen LogP contribution is 2.25. The van der Waals surface area contributed by atoms with Crippen molar-refractivity contribution in [2.24, 2.45) is 5.73 Å². The second-order valence-electron chi connectivity index (χ2n) is 3.88. The van der Waals surface area contributed by atoms with Crippen LogP contribution >= 0.6 is 11.3 Å². The monoisotopic (exact) mass is 303 g/mol. The Morgan fingerprint density at radius 3 is 2.10 bits per heavy atom. The van der Waals surface area contributed by atoms with E-state index in [1.165, 1.54) is 35.6 Å². The van der Waals surface area contributed by atoms with Gasteiger partial charge in [0.25, 0.3) is 0 Å². The number of thiophene rings is 1. The second-order valence-corrected chi connectivity index (χ2v) is 5.13. The predicted octanol–water partition coefficient (Wildman–Crippen LogP) is 3.68. The summed E-state index contributed by atoms with van der Waals surface area (Å²) in [4.78, 5) is 2.05. The van der Waals surface area contributed by atoms with Crippen LogP contribution in [0.1, 0.15) is 9.75 Å². The SMILES string of the molecule is NCc1ccc(COc2ccc(OC(F)(F)F)cc2)s1. The third kappa shape index (κ3) is 4.43. The largest absolute Gasteiger partial charge is 0.573 e. The maximum atomic E-state index is 12.0. The molecule has 0 aliphatic rings. The first-order valence-corrected chi connectivity index (χ1v) is 6.54. The molecular weight excluding hydrogens is 291 g/mol. The van der Waals surface area contributed by atoms with Gasteiger partial charge in [0, 0.05) is 16.3 Å². The zero-order valence-electron chi connectivity index (χ0n) is 10.3. The van der Waals surface area contributed by atoms with Gasteiger partial charge in [-0.2, -0.15) is 0 Å². The van der Waals surface area contributed by atoms with Crippen LogP contribution in [0.15, 0.2) is 36.4 Å². The summed E-state index contributed by atoms with van der Waals surface area (Å²) in [6.45, 7) is 0.832. The lowest BCUT2D eigenvalue weighted by atomic mass is 10.3. The Balaban J connectivity index is 1.90. The van der Waals surface area contributed by atoms with Gasteiger partial charge >= 0.3 is 6.36 Å². The molecule has 108 valence electrons. The van der Waals surface area contributed by atoms with E-state index in [1.54, 1.807) is 0 Å². The Kier molecular flexibility index (Phi) is 4.51. The summed E-state index contributed by atoms with van der Waals surface area (Å²) in [6, 6.07) is 9.11. The standard InChI is InChI=1S/C13H12F3NO2S/c14-13(15,16)19-10-3-1-9(2-4-10)18-8-12-6-5-11(7-17)20-12/h1-6H,7-8,17H2. The van der Waals surface area contributed by atoms with Gasteiger partial charge < -0.3 is 15.2 Å². The highest BCUT2D eigenvalue weighted by molar-refractivity contribution is 7.11. The van der Waals surface area contributed by atoms with E-state index >= 15 is 0 Å². The minimum Gasteiger partial charge on any atom is -0.488 e. The molecule has 0 unspecified atom stereocenters. The summed E-state index contributed by atoms with van der Waals surface area (Å²) in [5, 5.41) is 0. The van der Waals surface area contributed by atoms with Gasteiger partial charge in [-0.3, -0.25) is 0 Å². The number of rotatable bonds is 5. The normalized spacial score (nSPS) is 11.4. The molecule has 0 bridgehead atoms. The van der Waals surface area contributed by atoms with Crippen LogP contribution in [-0.2, 0) is 13.2 Å². The number of nitrogens with two attached hydrogens (primary N) is 1. The van der Waals surface area contributed by atoms with Crippen LogP contribution < -0.4 is 15.2 Å². The minimum absolute atomic E-state index is 0.272. The van der Waals surface area contributed by atoms with Crippen molar-refractivity contribution in [3.05, 3.63) is 46.2 Å². The minimum atomic E-state index is -4.68. The summed E-state index contributed by atoms with van der Waals surface area (Å²) in [5.41, 5.74) is 5.50. The summed E-state index contributed by atoms with van der Waals surface area (Å²) in [5.74, 6) is 0.202. The predicted molar refractivity (Wildman–Crippen MR) is 69.7 cm³/mol. The molecule has 0 spiro atoms. The van der Waals surface area contributed by atoms with Crippen molar-refractivity contribution >= 4 is 11.3 Å². The number of alkyl halides is 3. The second kappa shape index (κ2) is 6.15. The maximum absolute atomic E-state index is 12.0. The fraction of sp³-hybridized carbons (Fsp3) is 0.231. The molecule has 0 aliphatic carbocycles. The van der Waals surface area contributed by atoms with Crippen LogP contribution in [0.5, 0.6) is 11.5 Å². The first-order valence-electron chi connectivity index (χ1n) is 5.72. The van der Waals surface area contributed by atoms with E-state index in [0.29, 0.717) is 18.9 Å². The molecule has 0 radical (unpaired) electrons. The first-order chi connectivity index (χ1) is 9.46. The van der Waals surface area contributed by atoms with Gasteiger partial charge in [-0.1, -0.05) is 0 Å². The molecular formula is C13H12F3NO2S. The molecule has 2 aromatic rings. The fourth-order valence-electron chi connectivity index (χ4n) is 1.50. The average Bonchev–Trinajstić information content (AvgIpc) is 2.84. The Labute approximate surface area is 117 Å². The van der Waals surface area contributed by atoms with Crippen LogP contribution in [-0.4, -0.2) is 6.36 Å². The molecule has 3 nitrogen and oxygen atoms in total. The van der Waals surface area contributed by atoms with E-state index in [-0.39, 0.29) is 5.75 Å². The maximum Gasteiger partial charge on any atom is 0.573 e. The number of halogens is 3. The van der Waals surface area contributed by atoms with Gasteiger partial charge in [-0.15, -0.1) is 24.5 Å². The van der Waals surface area contributed by atoms with Gasteiger partial charge in [-0.25, -0.2) is 0 Å². The lowest BCUT2D eigenvalue weighted by molar-refractivity contribution is -0.274. The lowest BCUT2D eigenvalue weighted by Crippen LogP contribution is -2.16. The first kappa shape index (κ1) is 14.7. The number of hydrogen-bond acceptors (Lipinski definition) is 4. The fourth-order valence-corrected chi connectivity index (χ4v) is 2.31. The average molecular weight is 303 g/mol. The molecule has 0 saturated heterocycles. The van der Waals surface area contributed by atoms with E-state index < -0.39 is 6.36 Å². The Morgan fingerprint density at radius 1 is 0.950 bits per heavy atom. The smallest absolute Gasteiger partial charge is 0.488 e. The molecule has 2 N–H and O–H groups in total. The van der Waals surface area contributed by atoms with E-state index in [1.807, 2.05) is 12.1 Å². The molecule has 1 heterocycles. The van der Waals surface area contributed by atoms with Crippen LogP contribution in [0.4, 0.5) is 13.2 Å². The molecule has 2 rings (SSSR count). The summed E-state index contributed by atoms with van der Waals surface area (Å²) in [6.07, 6.45) is -4.68. The van der Waals surface area contributed by atoms with Crippen molar-refractivity contribution in [1.82, 2.24) is 0 Å². The van der Waals surface area contributed by atoms with Crippen LogP contribution in [0.3, 0.4) is 0 Å². The zero-order chi connectivity index (χ0) is 14.6. The molecule has 7 heteroatoms. The molecule has 0 saturated carbocycles. The number of benzene rings is 1. The molecule has 1 aromatic carbocycles. The number of hydrogen-bond donors (Lipinski definition) is 1. The molecule has 20 heavy (non-hydrogen) atoms. The van der Waals surface area contributed by atoms with Gasteiger partial charge in [0.2, 0.25) is 0 Å². The van der Waals surface area contributed by atoms with Crippen molar-refractivity contribution in [2.75, 3.05) is 0 Å².